The van der Waals surface area contributed by atoms with Gasteiger partial charge in [-0.25, -0.2) is 4.79 Å². The van der Waals surface area contributed by atoms with Crippen molar-refractivity contribution in [2.45, 2.75) is 0 Å². The molecule has 0 radical (unpaired) electrons. The predicted octanol–water partition coefficient (Wildman–Crippen LogP) is 5.25. The first-order chi connectivity index (χ1) is 8.97. The molecule has 0 saturated heterocycles. The first-order valence-corrected chi connectivity index (χ1v) is 6.68. The van der Waals surface area contributed by atoms with E-state index in [1.807, 2.05) is 0 Å². The largest absolute Gasteiger partial charge is 0.478 e. The number of aromatic carboxylic acids is 1. The van der Waals surface area contributed by atoms with Crippen LogP contribution in [-0.2, 0) is 0 Å². The highest BCUT2D eigenvalue weighted by molar-refractivity contribution is 9.10. The van der Waals surface area contributed by atoms with E-state index in [2.05, 4.69) is 15.9 Å². The fourth-order valence-corrected chi connectivity index (χ4v) is 2.09. The summed E-state index contributed by atoms with van der Waals surface area (Å²) < 4.78 is 6.24. The van der Waals surface area contributed by atoms with Crippen LogP contribution in [0.2, 0.25) is 10.0 Å². The SMILES string of the molecule is O=C(O)c1ccc(Br)cc1Oc1cc(Cl)ccc1Cl. The first-order valence-electron chi connectivity index (χ1n) is 5.13. The Bertz CT molecular complexity index is 644. The lowest BCUT2D eigenvalue weighted by atomic mass is 10.2. The zero-order valence-electron chi connectivity index (χ0n) is 9.36. The van der Waals surface area contributed by atoms with E-state index < -0.39 is 5.97 Å². The van der Waals surface area contributed by atoms with E-state index in [0.29, 0.717) is 20.3 Å². The zero-order valence-corrected chi connectivity index (χ0v) is 12.5. The molecule has 0 aliphatic carbocycles. The van der Waals surface area contributed by atoms with Crippen molar-refractivity contribution in [1.29, 1.82) is 0 Å². The van der Waals surface area contributed by atoms with Crippen molar-refractivity contribution in [3.63, 3.8) is 0 Å². The highest BCUT2D eigenvalue weighted by Gasteiger charge is 2.14. The van der Waals surface area contributed by atoms with E-state index >= 15 is 0 Å². The van der Waals surface area contributed by atoms with E-state index in [1.165, 1.54) is 12.1 Å². The van der Waals surface area contributed by atoms with Crippen LogP contribution < -0.4 is 4.74 Å². The smallest absolute Gasteiger partial charge is 0.339 e. The number of benzene rings is 2. The normalized spacial score (nSPS) is 10.3. The molecule has 2 rings (SSSR count). The standard InChI is InChI=1S/C13H7BrCl2O3/c14-7-1-3-9(13(17)18)11(5-7)19-12-6-8(15)2-4-10(12)16/h1-6H,(H,17,18). The molecule has 0 spiro atoms. The lowest BCUT2D eigenvalue weighted by Gasteiger charge is -2.10. The minimum Gasteiger partial charge on any atom is -0.478 e. The maximum atomic E-state index is 11.1. The van der Waals surface area contributed by atoms with Crippen LogP contribution in [0.1, 0.15) is 10.4 Å². The van der Waals surface area contributed by atoms with Gasteiger partial charge in [0.1, 0.15) is 17.1 Å². The van der Waals surface area contributed by atoms with Crippen LogP contribution in [0.15, 0.2) is 40.9 Å². The van der Waals surface area contributed by atoms with Gasteiger partial charge in [0.05, 0.1) is 5.02 Å². The van der Waals surface area contributed by atoms with Crippen LogP contribution in [0.5, 0.6) is 11.5 Å². The average molecular weight is 362 g/mol. The van der Waals surface area contributed by atoms with E-state index in [-0.39, 0.29) is 11.3 Å². The van der Waals surface area contributed by atoms with Crippen molar-refractivity contribution in [3.8, 4) is 11.5 Å². The van der Waals surface area contributed by atoms with E-state index in [4.69, 9.17) is 33.0 Å². The number of carboxylic acids is 1. The van der Waals surface area contributed by atoms with Gasteiger partial charge in [0, 0.05) is 15.6 Å². The van der Waals surface area contributed by atoms with Crippen LogP contribution in [0, 0.1) is 0 Å². The summed E-state index contributed by atoms with van der Waals surface area (Å²) in [6.45, 7) is 0. The van der Waals surface area contributed by atoms with Crippen molar-refractivity contribution < 1.29 is 14.6 Å². The second-order valence-electron chi connectivity index (χ2n) is 3.62. The van der Waals surface area contributed by atoms with E-state index in [9.17, 15) is 4.79 Å². The number of hydrogen-bond donors (Lipinski definition) is 1. The molecule has 0 fully saturated rings. The summed E-state index contributed by atoms with van der Waals surface area (Å²) in [5.74, 6) is -0.596. The predicted molar refractivity (Wildman–Crippen MR) is 77.6 cm³/mol. The number of rotatable bonds is 3. The molecule has 3 nitrogen and oxygen atoms in total. The van der Waals surface area contributed by atoms with Crippen LogP contribution in [0.25, 0.3) is 0 Å². The Hall–Kier alpha value is -1.23. The number of ether oxygens (including phenoxy) is 1. The Kier molecular flexibility index (Phi) is 4.34. The quantitative estimate of drug-likeness (QED) is 0.812. The molecule has 0 unspecified atom stereocenters. The van der Waals surface area contributed by atoms with Crippen molar-refractivity contribution >= 4 is 45.1 Å². The second-order valence-corrected chi connectivity index (χ2v) is 5.38. The van der Waals surface area contributed by atoms with Crippen molar-refractivity contribution in [2.75, 3.05) is 0 Å². The summed E-state index contributed by atoms with van der Waals surface area (Å²) in [5.41, 5.74) is 0.0410. The molecule has 0 aliphatic rings. The van der Waals surface area contributed by atoms with Crippen molar-refractivity contribution in [2.24, 2.45) is 0 Å². The third-order valence-electron chi connectivity index (χ3n) is 2.29. The summed E-state index contributed by atoms with van der Waals surface area (Å²) in [5, 5.41) is 9.90. The zero-order chi connectivity index (χ0) is 14.0. The van der Waals surface area contributed by atoms with E-state index in [1.54, 1.807) is 24.3 Å². The third kappa shape index (κ3) is 3.41. The van der Waals surface area contributed by atoms with Gasteiger partial charge in [0.25, 0.3) is 0 Å². The molecule has 19 heavy (non-hydrogen) atoms. The van der Waals surface area contributed by atoms with Gasteiger partial charge < -0.3 is 9.84 Å². The van der Waals surface area contributed by atoms with Gasteiger partial charge in [-0.1, -0.05) is 39.1 Å². The Morgan fingerprint density at radius 1 is 1.11 bits per heavy atom. The fraction of sp³-hybridized carbons (Fsp3) is 0. The molecular formula is C13H7BrCl2O3. The number of hydrogen-bond acceptors (Lipinski definition) is 2. The number of carbonyl (C=O) groups is 1. The molecule has 0 heterocycles. The van der Waals surface area contributed by atoms with E-state index in [0.717, 1.165) is 0 Å². The Morgan fingerprint density at radius 3 is 2.53 bits per heavy atom. The minimum absolute atomic E-state index is 0.0410. The summed E-state index contributed by atoms with van der Waals surface area (Å²) in [4.78, 5) is 11.1. The maximum Gasteiger partial charge on any atom is 0.339 e. The molecule has 6 heteroatoms. The van der Waals surface area contributed by atoms with Gasteiger partial charge in [0.15, 0.2) is 0 Å². The Balaban J connectivity index is 2.45. The topological polar surface area (TPSA) is 46.5 Å². The molecule has 98 valence electrons. The number of carboxylic acid groups (broad SMARTS) is 1. The lowest BCUT2D eigenvalue weighted by Crippen LogP contribution is -2.00. The lowest BCUT2D eigenvalue weighted by molar-refractivity contribution is 0.0694. The van der Waals surface area contributed by atoms with Gasteiger partial charge in [-0.3, -0.25) is 0 Å². The van der Waals surface area contributed by atoms with Gasteiger partial charge in [-0.2, -0.15) is 0 Å². The summed E-state index contributed by atoms with van der Waals surface area (Å²) in [6, 6.07) is 9.35. The van der Waals surface area contributed by atoms with Gasteiger partial charge in [-0.15, -0.1) is 0 Å². The highest BCUT2D eigenvalue weighted by atomic mass is 79.9. The molecule has 0 aliphatic heterocycles. The third-order valence-corrected chi connectivity index (χ3v) is 3.33. The molecule has 0 atom stereocenters. The molecule has 0 bridgehead atoms. The fourth-order valence-electron chi connectivity index (χ4n) is 1.43. The molecule has 1 N–H and O–H groups in total. The monoisotopic (exact) mass is 360 g/mol. The molecular weight excluding hydrogens is 355 g/mol. The average Bonchev–Trinajstić information content (AvgIpc) is 2.33. The van der Waals surface area contributed by atoms with Crippen LogP contribution in [0.4, 0.5) is 0 Å². The Labute approximate surface area is 127 Å². The van der Waals surface area contributed by atoms with Gasteiger partial charge in [-0.05, 0) is 30.3 Å². The second kappa shape index (κ2) is 5.82. The summed E-state index contributed by atoms with van der Waals surface area (Å²) in [6.07, 6.45) is 0. The first kappa shape index (κ1) is 14.2. The van der Waals surface area contributed by atoms with Crippen molar-refractivity contribution in [1.82, 2.24) is 0 Å². The molecule has 0 amide bonds. The van der Waals surface area contributed by atoms with Crippen LogP contribution >= 0.6 is 39.1 Å². The molecule has 2 aromatic rings. The molecule has 0 saturated carbocycles. The van der Waals surface area contributed by atoms with Crippen LogP contribution in [0.3, 0.4) is 0 Å². The number of halogens is 3. The summed E-state index contributed by atoms with van der Waals surface area (Å²) in [7, 11) is 0. The Morgan fingerprint density at radius 2 is 1.84 bits per heavy atom. The maximum absolute atomic E-state index is 11.1. The molecule has 2 aromatic carbocycles. The summed E-state index contributed by atoms with van der Waals surface area (Å²) >= 11 is 15.1. The molecule has 0 aromatic heterocycles. The highest BCUT2D eigenvalue weighted by Crippen LogP contribution is 2.34. The van der Waals surface area contributed by atoms with Gasteiger partial charge in [0.2, 0.25) is 0 Å². The van der Waals surface area contributed by atoms with Crippen molar-refractivity contribution in [3.05, 3.63) is 56.5 Å². The van der Waals surface area contributed by atoms with Gasteiger partial charge >= 0.3 is 5.97 Å². The van der Waals surface area contributed by atoms with Crippen LogP contribution in [-0.4, -0.2) is 11.1 Å². The minimum atomic E-state index is -1.08.